The van der Waals surface area contributed by atoms with Gasteiger partial charge in [-0.2, -0.15) is 0 Å². The van der Waals surface area contributed by atoms with Crippen LogP contribution < -0.4 is 0 Å². The molecule has 0 unspecified atom stereocenters. The molecular weight excluding hydrogens is 197 g/mol. The first kappa shape index (κ1) is 18.1. The van der Waals surface area contributed by atoms with E-state index in [2.05, 4.69) is 19.9 Å². The molecular formula is C9H14F3S. The van der Waals surface area contributed by atoms with Crippen LogP contribution in [0, 0.1) is 0 Å². The van der Waals surface area contributed by atoms with Gasteiger partial charge in [-0.05, 0) is 17.5 Å². The SMILES string of the molecule is CC(C)c1ccccc1[S].F.F.F. The van der Waals surface area contributed by atoms with Crippen molar-refractivity contribution in [3.63, 3.8) is 0 Å². The summed E-state index contributed by atoms with van der Waals surface area (Å²) in [7, 11) is 0. The van der Waals surface area contributed by atoms with E-state index < -0.39 is 0 Å². The highest BCUT2D eigenvalue weighted by Gasteiger charge is 2.01. The van der Waals surface area contributed by atoms with Gasteiger partial charge in [0.05, 0.1) is 0 Å². The number of rotatable bonds is 1. The molecule has 1 rings (SSSR count). The minimum Gasteiger partial charge on any atom is -0.269 e. The Labute approximate surface area is 81.9 Å². The molecule has 0 atom stereocenters. The van der Waals surface area contributed by atoms with Crippen LogP contribution in [0.1, 0.15) is 25.3 Å². The fourth-order valence-corrected chi connectivity index (χ4v) is 1.34. The summed E-state index contributed by atoms with van der Waals surface area (Å²) in [6, 6.07) is 8.08. The van der Waals surface area contributed by atoms with E-state index in [-0.39, 0.29) is 14.1 Å². The van der Waals surface area contributed by atoms with Gasteiger partial charge in [0.15, 0.2) is 0 Å². The van der Waals surface area contributed by atoms with Gasteiger partial charge in [0, 0.05) is 4.90 Å². The van der Waals surface area contributed by atoms with Crippen molar-refractivity contribution in [3.8, 4) is 0 Å². The standard InChI is InChI=1S/C9H11S.3FH/c1-7(2)8-5-3-4-6-9(8)10;;;/h3-7H,1-2H3;3*1H. The quantitative estimate of drug-likeness (QED) is 0.662. The van der Waals surface area contributed by atoms with Crippen molar-refractivity contribution in [2.75, 3.05) is 0 Å². The van der Waals surface area contributed by atoms with Gasteiger partial charge < -0.3 is 0 Å². The number of hydrogen-bond donors (Lipinski definition) is 0. The van der Waals surface area contributed by atoms with Gasteiger partial charge in [-0.3, -0.25) is 14.1 Å². The summed E-state index contributed by atoms with van der Waals surface area (Å²) in [5.74, 6) is 0.550. The first-order valence-corrected chi connectivity index (χ1v) is 3.88. The molecule has 4 heteroatoms. The number of benzene rings is 1. The second-order valence-corrected chi connectivity index (χ2v) is 3.13. The van der Waals surface area contributed by atoms with Crippen LogP contribution in [0.2, 0.25) is 0 Å². The maximum atomic E-state index is 5.13. The fraction of sp³-hybridized carbons (Fsp3) is 0.333. The van der Waals surface area contributed by atoms with E-state index in [0.717, 1.165) is 4.90 Å². The lowest BCUT2D eigenvalue weighted by molar-refractivity contribution is 0.843. The summed E-state index contributed by atoms with van der Waals surface area (Å²) in [4.78, 5) is 0.984. The average Bonchev–Trinajstić information content (AvgIpc) is 1.88. The molecule has 0 aliphatic carbocycles. The molecule has 77 valence electrons. The average molecular weight is 211 g/mol. The topological polar surface area (TPSA) is 0 Å². The predicted molar refractivity (Wildman–Crippen MR) is 53.9 cm³/mol. The highest BCUT2D eigenvalue weighted by atomic mass is 32.1. The van der Waals surface area contributed by atoms with Gasteiger partial charge in [0.1, 0.15) is 0 Å². The molecule has 0 N–H and O–H groups in total. The zero-order valence-electron chi connectivity index (χ0n) is 7.52. The fourth-order valence-electron chi connectivity index (χ4n) is 0.958. The molecule has 0 aliphatic rings. The summed E-state index contributed by atoms with van der Waals surface area (Å²) in [5.41, 5.74) is 1.28. The molecule has 0 aliphatic heterocycles. The lowest BCUT2D eigenvalue weighted by Crippen LogP contribution is -1.87. The van der Waals surface area contributed by atoms with E-state index in [1.165, 1.54) is 5.56 Å². The van der Waals surface area contributed by atoms with Crippen molar-refractivity contribution in [3.05, 3.63) is 29.8 Å². The third-order valence-corrected chi connectivity index (χ3v) is 1.91. The van der Waals surface area contributed by atoms with Crippen LogP contribution in [0.25, 0.3) is 0 Å². The van der Waals surface area contributed by atoms with Crippen LogP contribution in [0.3, 0.4) is 0 Å². The Kier molecular flexibility index (Phi) is 10.9. The number of halogens is 3. The first-order valence-electron chi connectivity index (χ1n) is 3.47. The van der Waals surface area contributed by atoms with E-state index in [4.69, 9.17) is 12.6 Å². The van der Waals surface area contributed by atoms with Crippen molar-refractivity contribution in [2.24, 2.45) is 0 Å². The van der Waals surface area contributed by atoms with Gasteiger partial charge in [0.25, 0.3) is 0 Å². The van der Waals surface area contributed by atoms with Gasteiger partial charge in [-0.25, -0.2) is 0 Å². The van der Waals surface area contributed by atoms with Crippen molar-refractivity contribution < 1.29 is 14.1 Å². The Morgan fingerprint density at radius 3 is 1.77 bits per heavy atom. The molecule has 1 radical (unpaired) electrons. The molecule has 0 saturated heterocycles. The third kappa shape index (κ3) is 4.72. The molecule has 13 heavy (non-hydrogen) atoms. The van der Waals surface area contributed by atoms with Gasteiger partial charge >= 0.3 is 0 Å². The molecule has 0 aromatic heterocycles. The zero-order valence-corrected chi connectivity index (χ0v) is 8.34. The number of hydrogen-bond acceptors (Lipinski definition) is 0. The summed E-state index contributed by atoms with van der Waals surface area (Å²) < 4.78 is 0. The highest BCUT2D eigenvalue weighted by Crippen LogP contribution is 2.21. The summed E-state index contributed by atoms with van der Waals surface area (Å²) in [5, 5.41) is 0. The van der Waals surface area contributed by atoms with Crippen LogP contribution in [0.15, 0.2) is 29.2 Å². The summed E-state index contributed by atoms with van der Waals surface area (Å²) in [6.45, 7) is 4.32. The van der Waals surface area contributed by atoms with Gasteiger partial charge in [-0.15, -0.1) is 0 Å². The largest absolute Gasteiger partial charge is 0.269 e. The minimum absolute atomic E-state index is 0. The molecule has 0 heterocycles. The van der Waals surface area contributed by atoms with Crippen molar-refractivity contribution in [1.29, 1.82) is 0 Å². The van der Waals surface area contributed by atoms with Crippen molar-refractivity contribution in [2.45, 2.75) is 24.7 Å². The van der Waals surface area contributed by atoms with E-state index >= 15 is 0 Å². The molecule has 0 bridgehead atoms. The maximum Gasteiger partial charge on any atom is 0.0411 e. The van der Waals surface area contributed by atoms with Crippen LogP contribution >= 0.6 is 12.6 Å². The normalized spacial score (nSPS) is 7.92. The lowest BCUT2D eigenvalue weighted by atomic mass is 10.0. The monoisotopic (exact) mass is 211 g/mol. The molecule has 0 fully saturated rings. The summed E-state index contributed by atoms with van der Waals surface area (Å²) in [6.07, 6.45) is 0. The van der Waals surface area contributed by atoms with Crippen LogP contribution in [0.4, 0.5) is 14.1 Å². The van der Waals surface area contributed by atoms with Gasteiger partial charge in [-0.1, -0.05) is 44.7 Å². The van der Waals surface area contributed by atoms with Crippen LogP contribution in [-0.2, 0) is 0 Å². The smallest absolute Gasteiger partial charge is 0.0411 e. The van der Waals surface area contributed by atoms with Crippen LogP contribution in [0.5, 0.6) is 0 Å². The first-order chi connectivity index (χ1) is 4.72. The highest BCUT2D eigenvalue weighted by molar-refractivity contribution is 7.80. The molecule has 1 aromatic carbocycles. The van der Waals surface area contributed by atoms with Crippen molar-refractivity contribution >= 4 is 12.6 Å². The second-order valence-electron chi connectivity index (χ2n) is 2.69. The Hall–Kier alpha value is -0.770. The third-order valence-electron chi connectivity index (χ3n) is 1.54. The minimum atomic E-state index is 0. The molecule has 0 spiro atoms. The van der Waals surface area contributed by atoms with E-state index in [9.17, 15) is 0 Å². The Morgan fingerprint density at radius 2 is 1.46 bits per heavy atom. The predicted octanol–water partition coefficient (Wildman–Crippen LogP) is 3.82. The Balaban J connectivity index is -0.000000333. The molecule has 0 saturated carbocycles. The Morgan fingerprint density at radius 1 is 1.00 bits per heavy atom. The maximum absolute atomic E-state index is 5.13. The van der Waals surface area contributed by atoms with Crippen LogP contribution in [-0.4, -0.2) is 0 Å². The lowest BCUT2D eigenvalue weighted by Gasteiger charge is -2.05. The van der Waals surface area contributed by atoms with E-state index in [0.29, 0.717) is 5.92 Å². The molecule has 1 aromatic rings. The molecule has 0 nitrogen and oxygen atoms in total. The summed E-state index contributed by atoms with van der Waals surface area (Å²) >= 11 is 5.13. The van der Waals surface area contributed by atoms with E-state index in [1.54, 1.807) is 0 Å². The Bertz CT molecular complexity index is 226. The second kappa shape index (κ2) is 7.86. The zero-order chi connectivity index (χ0) is 7.56. The van der Waals surface area contributed by atoms with E-state index in [1.807, 2.05) is 18.2 Å². The molecule has 0 amide bonds. The van der Waals surface area contributed by atoms with Gasteiger partial charge in [0.2, 0.25) is 0 Å². The van der Waals surface area contributed by atoms with Crippen molar-refractivity contribution in [1.82, 2.24) is 0 Å².